The number of carbonyl (C=O) groups excluding carboxylic acids is 2. The van der Waals surface area contributed by atoms with Gasteiger partial charge in [-0.3, -0.25) is 14.5 Å². The number of benzene rings is 1. The zero-order valence-electron chi connectivity index (χ0n) is 13.2. The summed E-state index contributed by atoms with van der Waals surface area (Å²) in [5.74, 6) is -0.611. The molecule has 6 heteroatoms. The molecular formula is C17H21FN2O3. The molecule has 1 saturated heterocycles. The second kappa shape index (κ2) is 8.43. The zero-order chi connectivity index (χ0) is 16.7. The van der Waals surface area contributed by atoms with Crippen LogP contribution in [0.25, 0.3) is 6.08 Å². The Morgan fingerprint density at radius 1 is 1.17 bits per heavy atom. The van der Waals surface area contributed by atoms with Crippen molar-refractivity contribution in [2.24, 2.45) is 0 Å². The van der Waals surface area contributed by atoms with E-state index in [1.165, 1.54) is 18.2 Å². The largest absolute Gasteiger partial charge is 0.465 e. The fraction of sp³-hybridized carbons (Fsp3) is 0.412. The highest BCUT2D eigenvalue weighted by Crippen LogP contribution is 2.07. The molecule has 0 saturated carbocycles. The molecule has 1 fully saturated rings. The van der Waals surface area contributed by atoms with E-state index in [1.54, 1.807) is 30.0 Å². The Balaban J connectivity index is 1.79. The number of hydrogen-bond donors (Lipinski definition) is 0. The van der Waals surface area contributed by atoms with Crippen LogP contribution in [0.15, 0.2) is 30.3 Å². The zero-order valence-corrected chi connectivity index (χ0v) is 13.2. The number of carbonyl (C=O) groups is 2. The van der Waals surface area contributed by atoms with Crippen molar-refractivity contribution >= 4 is 18.0 Å². The van der Waals surface area contributed by atoms with Crippen LogP contribution in [0.3, 0.4) is 0 Å². The summed E-state index contributed by atoms with van der Waals surface area (Å²) in [6.45, 7) is 4.87. The van der Waals surface area contributed by atoms with E-state index in [0.29, 0.717) is 32.8 Å². The van der Waals surface area contributed by atoms with Gasteiger partial charge in [0, 0.05) is 32.3 Å². The maximum atomic E-state index is 12.8. The molecule has 0 unspecified atom stereocenters. The molecule has 0 bridgehead atoms. The van der Waals surface area contributed by atoms with E-state index in [2.05, 4.69) is 0 Å². The molecule has 124 valence electrons. The lowest BCUT2D eigenvalue weighted by Gasteiger charge is -2.33. The first-order valence-electron chi connectivity index (χ1n) is 7.69. The molecule has 2 rings (SSSR count). The molecule has 1 aliphatic heterocycles. The third-order valence-electron chi connectivity index (χ3n) is 3.63. The minimum Gasteiger partial charge on any atom is -0.465 e. The fourth-order valence-electron chi connectivity index (χ4n) is 2.36. The Labute approximate surface area is 135 Å². The maximum Gasteiger partial charge on any atom is 0.320 e. The fourth-order valence-corrected chi connectivity index (χ4v) is 2.36. The van der Waals surface area contributed by atoms with Gasteiger partial charge in [-0.25, -0.2) is 4.39 Å². The van der Waals surface area contributed by atoms with Crippen LogP contribution >= 0.6 is 0 Å². The first kappa shape index (κ1) is 17.1. The van der Waals surface area contributed by atoms with E-state index in [0.717, 1.165) is 5.56 Å². The van der Waals surface area contributed by atoms with Gasteiger partial charge in [-0.15, -0.1) is 0 Å². The number of ether oxygens (including phenoxy) is 1. The summed E-state index contributed by atoms with van der Waals surface area (Å²) in [5, 5.41) is 0. The highest BCUT2D eigenvalue weighted by atomic mass is 19.1. The Kier molecular flexibility index (Phi) is 6.29. The predicted octanol–water partition coefficient (Wildman–Crippen LogP) is 1.55. The average Bonchev–Trinajstić information content (AvgIpc) is 2.55. The Morgan fingerprint density at radius 3 is 2.43 bits per heavy atom. The van der Waals surface area contributed by atoms with Gasteiger partial charge in [-0.2, -0.15) is 0 Å². The van der Waals surface area contributed by atoms with Crippen molar-refractivity contribution in [1.29, 1.82) is 0 Å². The van der Waals surface area contributed by atoms with Gasteiger partial charge in [0.1, 0.15) is 5.82 Å². The first-order valence-corrected chi connectivity index (χ1v) is 7.69. The summed E-state index contributed by atoms with van der Waals surface area (Å²) < 4.78 is 17.7. The number of halogens is 1. The Bertz CT molecular complexity index is 564. The van der Waals surface area contributed by atoms with Crippen LogP contribution in [0.4, 0.5) is 4.39 Å². The second-order valence-corrected chi connectivity index (χ2v) is 5.29. The minimum atomic E-state index is -0.300. The van der Waals surface area contributed by atoms with Gasteiger partial charge in [0.15, 0.2) is 0 Å². The average molecular weight is 320 g/mol. The molecule has 0 aromatic heterocycles. The van der Waals surface area contributed by atoms with Crippen molar-refractivity contribution in [3.8, 4) is 0 Å². The summed E-state index contributed by atoms with van der Waals surface area (Å²) in [5.41, 5.74) is 0.778. The molecule has 0 N–H and O–H groups in total. The maximum absolute atomic E-state index is 12.8. The molecule has 23 heavy (non-hydrogen) atoms. The van der Waals surface area contributed by atoms with Crippen LogP contribution < -0.4 is 0 Å². The quantitative estimate of drug-likeness (QED) is 0.610. The van der Waals surface area contributed by atoms with E-state index in [4.69, 9.17) is 4.74 Å². The molecule has 0 radical (unpaired) electrons. The van der Waals surface area contributed by atoms with Gasteiger partial charge >= 0.3 is 5.97 Å². The van der Waals surface area contributed by atoms with Crippen LogP contribution in [0.5, 0.6) is 0 Å². The summed E-state index contributed by atoms with van der Waals surface area (Å²) in [6, 6.07) is 5.96. The van der Waals surface area contributed by atoms with Crippen molar-refractivity contribution in [3.05, 3.63) is 41.7 Å². The van der Waals surface area contributed by atoms with E-state index >= 15 is 0 Å². The number of piperazine rings is 1. The molecule has 1 aromatic carbocycles. The van der Waals surface area contributed by atoms with Crippen LogP contribution in [0.1, 0.15) is 12.5 Å². The molecule has 0 atom stereocenters. The monoisotopic (exact) mass is 320 g/mol. The lowest BCUT2D eigenvalue weighted by atomic mass is 10.2. The lowest BCUT2D eigenvalue weighted by molar-refractivity contribution is -0.145. The van der Waals surface area contributed by atoms with Crippen LogP contribution in [0, 0.1) is 5.82 Å². The van der Waals surface area contributed by atoms with E-state index in [1.807, 2.05) is 4.90 Å². The number of rotatable bonds is 5. The van der Waals surface area contributed by atoms with Crippen molar-refractivity contribution in [2.75, 3.05) is 39.3 Å². The molecule has 1 aliphatic rings. The summed E-state index contributed by atoms with van der Waals surface area (Å²) >= 11 is 0. The number of esters is 1. The van der Waals surface area contributed by atoms with Crippen LogP contribution in [0.2, 0.25) is 0 Å². The SMILES string of the molecule is CCOC(=O)CN1CCN(C(=O)/C=C/c2ccc(F)cc2)CC1. The van der Waals surface area contributed by atoms with Gasteiger partial charge in [0.25, 0.3) is 0 Å². The summed E-state index contributed by atoms with van der Waals surface area (Å²) in [6.07, 6.45) is 3.17. The lowest BCUT2D eigenvalue weighted by Crippen LogP contribution is -2.49. The smallest absolute Gasteiger partial charge is 0.320 e. The summed E-state index contributed by atoms with van der Waals surface area (Å²) in [7, 11) is 0. The van der Waals surface area contributed by atoms with Crippen molar-refractivity contribution in [1.82, 2.24) is 9.80 Å². The van der Waals surface area contributed by atoms with Gasteiger partial charge in [0.05, 0.1) is 13.2 Å². The standard InChI is InChI=1S/C17H21FN2O3/c1-2-23-17(22)13-19-9-11-20(12-10-19)16(21)8-5-14-3-6-15(18)7-4-14/h3-8H,2,9-13H2,1H3/b8-5+. The number of hydrogen-bond acceptors (Lipinski definition) is 4. The predicted molar refractivity (Wildman–Crippen MR) is 85.1 cm³/mol. The van der Waals surface area contributed by atoms with Crippen molar-refractivity contribution in [3.63, 3.8) is 0 Å². The normalized spacial score (nSPS) is 15.8. The molecule has 1 heterocycles. The first-order chi connectivity index (χ1) is 11.1. The third kappa shape index (κ3) is 5.49. The van der Waals surface area contributed by atoms with E-state index in [9.17, 15) is 14.0 Å². The third-order valence-corrected chi connectivity index (χ3v) is 3.63. The molecule has 0 aliphatic carbocycles. The molecule has 5 nitrogen and oxygen atoms in total. The Hall–Kier alpha value is -2.21. The molecule has 1 aromatic rings. The van der Waals surface area contributed by atoms with E-state index < -0.39 is 0 Å². The van der Waals surface area contributed by atoms with Gasteiger partial charge < -0.3 is 9.64 Å². The van der Waals surface area contributed by atoms with Crippen LogP contribution in [-0.4, -0.2) is 61.0 Å². The number of amides is 1. The van der Waals surface area contributed by atoms with Crippen molar-refractivity contribution in [2.45, 2.75) is 6.92 Å². The van der Waals surface area contributed by atoms with Gasteiger partial charge in [0.2, 0.25) is 5.91 Å². The molecule has 0 spiro atoms. The highest BCUT2D eigenvalue weighted by Gasteiger charge is 2.21. The van der Waals surface area contributed by atoms with Gasteiger partial charge in [-0.05, 0) is 30.7 Å². The molecule has 1 amide bonds. The molecular weight excluding hydrogens is 299 g/mol. The second-order valence-electron chi connectivity index (χ2n) is 5.29. The minimum absolute atomic E-state index is 0.0786. The van der Waals surface area contributed by atoms with Crippen LogP contribution in [-0.2, 0) is 14.3 Å². The Morgan fingerprint density at radius 2 is 1.83 bits per heavy atom. The van der Waals surface area contributed by atoms with Gasteiger partial charge in [-0.1, -0.05) is 12.1 Å². The van der Waals surface area contributed by atoms with E-state index in [-0.39, 0.29) is 24.2 Å². The number of nitrogens with zero attached hydrogens (tertiary/aromatic N) is 2. The topological polar surface area (TPSA) is 49.9 Å². The highest BCUT2D eigenvalue weighted by molar-refractivity contribution is 5.91. The summed E-state index contributed by atoms with van der Waals surface area (Å²) in [4.78, 5) is 27.3. The van der Waals surface area contributed by atoms with Crippen molar-refractivity contribution < 1.29 is 18.7 Å².